The Morgan fingerprint density at radius 3 is 2.95 bits per heavy atom. The minimum atomic E-state index is -0.445. The fraction of sp³-hybridized carbons (Fsp3) is 0.231. The van der Waals surface area contributed by atoms with Gasteiger partial charge in [0.2, 0.25) is 17.8 Å². The van der Waals surface area contributed by atoms with Crippen molar-refractivity contribution in [3.8, 4) is 0 Å². The number of aromatic nitrogens is 3. The number of para-hydroxylation sites is 1. The van der Waals surface area contributed by atoms with Gasteiger partial charge in [-0.3, -0.25) is 14.9 Å². The van der Waals surface area contributed by atoms with Crippen LogP contribution in [-0.4, -0.2) is 33.5 Å². The molecule has 0 spiro atoms. The second-order valence-electron chi connectivity index (χ2n) is 4.68. The van der Waals surface area contributed by atoms with E-state index in [1.807, 2.05) is 0 Å². The van der Waals surface area contributed by atoms with Gasteiger partial charge in [-0.2, -0.15) is 10.1 Å². The number of nitrogens with zero attached hydrogens (tertiary/aromatic N) is 3. The Bertz CT molecular complexity index is 673. The number of amides is 2. The maximum absolute atomic E-state index is 12.1. The molecule has 1 saturated heterocycles. The molecule has 3 rings (SSSR count). The lowest BCUT2D eigenvalue weighted by atomic mass is 10.1. The van der Waals surface area contributed by atoms with Gasteiger partial charge in [0.25, 0.3) is 0 Å². The summed E-state index contributed by atoms with van der Waals surface area (Å²) < 4.78 is 0. The molecule has 2 heterocycles. The summed E-state index contributed by atoms with van der Waals surface area (Å²) in [5.74, 6) is -0.571. The summed E-state index contributed by atoms with van der Waals surface area (Å²) in [5, 5.41) is 9.27. The average molecular weight is 306 g/mol. The highest BCUT2D eigenvalue weighted by molar-refractivity contribution is 6.33. The normalized spacial score (nSPS) is 18.0. The summed E-state index contributed by atoms with van der Waals surface area (Å²) in [6, 6.07) is 7.07. The van der Waals surface area contributed by atoms with Crippen molar-refractivity contribution < 1.29 is 9.59 Å². The molecule has 2 N–H and O–H groups in total. The fourth-order valence-electron chi connectivity index (χ4n) is 2.27. The Hall–Kier alpha value is -2.41. The van der Waals surface area contributed by atoms with Crippen molar-refractivity contribution in [1.29, 1.82) is 0 Å². The van der Waals surface area contributed by atoms with Crippen LogP contribution in [0.4, 0.5) is 11.6 Å². The number of hydrogen-bond donors (Lipinski definition) is 2. The molecule has 1 unspecified atom stereocenters. The highest BCUT2D eigenvalue weighted by atomic mass is 35.5. The van der Waals surface area contributed by atoms with Crippen LogP contribution in [0, 0.1) is 5.92 Å². The van der Waals surface area contributed by atoms with Crippen molar-refractivity contribution in [2.24, 2.45) is 5.92 Å². The predicted octanol–water partition coefficient (Wildman–Crippen LogP) is 1.45. The number of H-pyrrole nitrogens is 1. The molecule has 108 valence electrons. The second kappa shape index (κ2) is 5.53. The van der Waals surface area contributed by atoms with Gasteiger partial charge in [-0.1, -0.05) is 23.7 Å². The smallest absolute Gasteiger partial charge is 0.232 e. The Morgan fingerprint density at radius 1 is 1.43 bits per heavy atom. The standard InChI is InChI=1S/C13H12ClN5O2/c14-9-3-1-2-4-10(9)19-6-8(5-11(19)20)12(21)17-13-15-7-16-18-13/h1-4,7-8H,5-6H2,(H2,15,16,17,18,21). The zero-order valence-corrected chi connectivity index (χ0v) is 11.7. The number of rotatable bonds is 3. The number of nitrogens with one attached hydrogen (secondary N) is 2. The van der Waals surface area contributed by atoms with Gasteiger partial charge in [-0.15, -0.1) is 0 Å². The summed E-state index contributed by atoms with van der Waals surface area (Å²) in [4.78, 5) is 29.6. The van der Waals surface area contributed by atoms with Crippen molar-refractivity contribution in [2.45, 2.75) is 6.42 Å². The molecular formula is C13H12ClN5O2. The van der Waals surface area contributed by atoms with E-state index in [2.05, 4.69) is 20.5 Å². The molecule has 1 fully saturated rings. The van der Waals surface area contributed by atoms with E-state index in [4.69, 9.17) is 11.6 Å². The Labute approximate surface area is 125 Å². The summed E-state index contributed by atoms with van der Waals surface area (Å²) >= 11 is 6.09. The zero-order valence-electron chi connectivity index (χ0n) is 10.9. The van der Waals surface area contributed by atoms with E-state index in [1.165, 1.54) is 11.2 Å². The monoisotopic (exact) mass is 305 g/mol. The summed E-state index contributed by atoms with van der Waals surface area (Å²) in [6.45, 7) is 0.294. The highest BCUT2D eigenvalue weighted by Gasteiger charge is 2.36. The number of aromatic amines is 1. The average Bonchev–Trinajstić information content (AvgIpc) is 3.09. The third-order valence-corrected chi connectivity index (χ3v) is 3.62. The zero-order chi connectivity index (χ0) is 14.8. The molecule has 2 amide bonds. The number of halogens is 1. The van der Waals surface area contributed by atoms with E-state index in [0.717, 1.165) is 0 Å². The quantitative estimate of drug-likeness (QED) is 0.898. The summed E-state index contributed by atoms with van der Waals surface area (Å²) in [7, 11) is 0. The molecule has 1 aliphatic rings. The maximum Gasteiger partial charge on any atom is 0.232 e. The largest absolute Gasteiger partial charge is 0.310 e. The maximum atomic E-state index is 12.1. The summed E-state index contributed by atoms with van der Waals surface area (Å²) in [6.07, 6.45) is 1.44. The lowest BCUT2D eigenvalue weighted by molar-refractivity contribution is -0.122. The number of anilines is 2. The third-order valence-electron chi connectivity index (χ3n) is 3.30. The lowest BCUT2D eigenvalue weighted by Gasteiger charge is -2.17. The van der Waals surface area contributed by atoms with Gasteiger partial charge in [-0.05, 0) is 12.1 Å². The molecule has 0 saturated carbocycles. The van der Waals surface area contributed by atoms with Gasteiger partial charge < -0.3 is 4.90 Å². The van der Waals surface area contributed by atoms with Crippen molar-refractivity contribution >= 4 is 35.1 Å². The van der Waals surface area contributed by atoms with Crippen LogP contribution in [0.3, 0.4) is 0 Å². The van der Waals surface area contributed by atoms with Crippen LogP contribution in [0.15, 0.2) is 30.6 Å². The van der Waals surface area contributed by atoms with Crippen molar-refractivity contribution in [3.63, 3.8) is 0 Å². The number of carbonyl (C=O) groups excluding carboxylic acids is 2. The van der Waals surface area contributed by atoms with Gasteiger partial charge in [0.15, 0.2) is 0 Å². The number of hydrogen-bond acceptors (Lipinski definition) is 4. The first-order valence-corrected chi connectivity index (χ1v) is 6.74. The van der Waals surface area contributed by atoms with E-state index < -0.39 is 5.92 Å². The van der Waals surface area contributed by atoms with Gasteiger partial charge >= 0.3 is 0 Å². The van der Waals surface area contributed by atoms with Crippen LogP contribution in [0.5, 0.6) is 0 Å². The minimum Gasteiger partial charge on any atom is -0.310 e. The predicted molar refractivity (Wildman–Crippen MR) is 76.9 cm³/mol. The van der Waals surface area contributed by atoms with Crippen LogP contribution in [-0.2, 0) is 9.59 Å². The van der Waals surface area contributed by atoms with Gasteiger partial charge in [-0.25, -0.2) is 5.10 Å². The first kappa shape index (κ1) is 13.6. The van der Waals surface area contributed by atoms with E-state index >= 15 is 0 Å². The topological polar surface area (TPSA) is 91.0 Å². The van der Waals surface area contributed by atoms with Gasteiger partial charge in [0.05, 0.1) is 16.6 Å². The third kappa shape index (κ3) is 2.73. The molecular weight excluding hydrogens is 294 g/mol. The first-order chi connectivity index (χ1) is 10.1. The second-order valence-corrected chi connectivity index (χ2v) is 5.09. The Kier molecular flexibility index (Phi) is 3.57. The van der Waals surface area contributed by atoms with E-state index in [-0.39, 0.29) is 24.2 Å². The molecule has 0 aliphatic carbocycles. The SMILES string of the molecule is O=C(Nc1ncn[nH]1)C1CC(=O)N(c2ccccc2Cl)C1. The molecule has 8 heteroatoms. The summed E-state index contributed by atoms with van der Waals surface area (Å²) in [5.41, 5.74) is 0.624. The molecule has 21 heavy (non-hydrogen) atoms. The lowest BCUT2D eigenvalue weighted by Crippen LogP contribution is -2.28. The van der Waals surface area contributed by atoms with E-state index in [0.29, 0.717) is 17.3 Å². The van der Waals surface area contributed by atoms with Crippen molar-refractivity contribution in [2.75, 3.05) is 16.8 Å². The molecule has 0 bridgehead atoms. The fourth-order valence-corrected chi connectivity index (χ4v) is 2.51. The van der Waals surface area contributed by atoms with Gasteiger partial charge in [0, 0.05) is 13.0 Å². The molecule has 1 atom stereocenters. The number of carbonyl (C=O) groups is 2. The van der Waals surface area contributed by atoms with Crippen LogP contribution in [0.25, 0.3) is 0 Å². The van der Waals surface area contributed by atoms with Crippen molar-refractivity contribution in [3.05, 3.63) is 35.6 Å². The van der Waals surface area contributed by atoms with E-state index in [1.54, 1.807) is 24.3 Å². The Balaban J connectivity index is 1.73. The van der Waals surface area contributed by atoms with Crippen LogP contribution >= 0.6 is 11.6 Å². The minimum absolute atomic E-state index is 0.124. The van der Waals surface area contributed by atoms with Gasteiger partial charge in [0.1, 0.15) is 6.33 Å². The molecule has 1 aromatic heterocycles. The first-order valence-electron chi connectivity index (χ1n) is 6.36. The van der Waals surface area contributed by atoms with E-state index in [9.17, 15) is 9.59 Å². The number of benzene rings is 1. The van der Waals surface area contributed by atoms with Crippen LogP contribution in [0.1, 0.15) is 6.42 Å². The molecule has 1 aliphatic heterocycles. The van der Waals surface area contributed by atoms with Crippen molar-refractivity contribution in [1.82, 2.24) is 15.2 Å². The van der Waals surface area contributed by atoms with Crippen LogP contribution in [0.2, 0.25) is 5.02 Å². The van der Waals surface area contributed by atoms with Crippen LogP contribution < -0.4 is 10.2 Å². The molecule has 7 nitrogen and oxygen atoms in total. The Morgan fingerprint density at radius 2 is 2.24 bits per heavy atom. The molecule has 1 aromatic carbocycles. The molecule has 2 aromatic rings. The molecule has 0 radical (unpaired) electrons. The highest BCUT2D eigenvalue weighted by Crippen LogP contribution is 2.31.